The molecule has 0 spiro atoms. The minimum Gasteiger partial charge on any atom is -0.396 e. The fourth-order valence-electron chi connectivity index (χ4n) is 1.94. The van der Waals surface area contributed by atoms with Crippen LogP contribution in [0.1, 0.15) is 42.6 Å². The third-order valence-corrected chi connectivity index (χ3v) is 3.88. The zero-order valence-electron chi connectivity index (χ0n) is 11.8. The van der Waals surface area contributed by atoms with E-state index in [2.05, 4.69) is 5.32 Å². The molecule has 0 radical (unpaired) electrons. The van der Waals surface area contributed by atoms with Crippen molar-refractivity contribution in [2.24, 2.45) is 5.41 Å². The second-order valence-corrected chi connectivity index (χ2v) is 5.01. The van der Waals surface area contributed by atoms with Crippen molar-refractivity contribution in [3.05, 3.63) is 35.1 Å². The molecule has 19 heavy (non-hydrogen) atoms. The molecular formula is C15H22FNO2. The van der Waals surface area contributed by atoms with Crippen LogP contribution in [0.2, 0.25) is 0 Å². The molecule has 106 valence electrons. The molecule has 0 heterocycles. The Kier molecular flexibility index (Phi) is 5.48. The van der Waals surface area contributed by atoms with Gasteiger partial charge in [-0.25, -0.2) is 4.39 Å². The van der Waals surface area contributed by atoms with Gasteiger partial charge < -0.3 is 10.4 Å². The quantitative estimate of drug-likeness (QED) is 0.832. The van der Waals surface area contributed by atoms with Crippen LogP contribution >= 0.6 is 0 Å². The van der Waals surface area contributed by atoms with Gasteiger partial charge in [-0.1, -0.05) is 13.8 Å². The van der Waals surface area contributed by atoms with E-state index in [9.17, 15) is 14.3 Å². The zero-order valence-corrected chi connectivity index (χ0v) is 11.8. The number of carbonyl (C=O) groups excluding carboxylic acids is 1. The van der Waals surface area contributed by atoms with E-state index in [-0.39, 0.29) is 23.7 Å². The lowest BCUT2D eigenvalue weighted by Crippen LogP contribution is -2.39. The molecule has 3 nitrogen and oxygen atoms in total. The van der Waals surface area contributed by atoms with Crippen molar-refractivity contribution < 1.29 is 14.3 Å². The average Bonchev–Trinajstić information content (AvgIpc) is 2.43. The summed E-state index contributed by atoms with van der Waals surface area (Å²) in [5, 5.41) is 12.3. The smallest absolute Gasteiger partial charge is 0.251 e. The summed E-state index contributed by atoms with van der Waals surface area (Å²) in [6, 6.07) is 4.29. The normalized spacial score (nSPS) is 11.4. The Morgan fingerprint density at radius 1 is 1.37 bits per heavy atom. The Bertz CT molecular complexity index is 434. The van der Waals surface area contributed by atoms with Crippen LogP contribution in [0.25, 0.3) is 0 Å². The minimum absolute atomic E-state index is 0.0444. The van der Waals surface area contributed by atoms with E-state index >= 15 is 0 Å². The lowest BCUT2D eigenvalue weighted by Gasteiger charge is -2.29. The molecule has 0 saturated carbocycles. The van der Waals surface area contributed by atoms with Crippen LogP contribution in [0.4, 0.5) is 4.39 Å². The first kappa shape index (κ1) is 15.6. The summed E-state index contributed by atoms with van der Waals surface area (Å²) in [5.74, 6) is -0.550. The maximum atomic E-state index is 13.1. The number of hydrogen-bond donors (Lipinski definition) is 2. The van der Waals surface area contributed by atoms with Gasteiger partial charge in [-0.3, -0.25) is 4.79 Å². The van der Waals surface area contributed by atoms with E-state index in [1.165, 1.54) is 18.2 Å². The van der Waals surface area contributed by atoms with Crippen molar-refractivity contribution in [1.29, 1.82) is 0 Å². The molecule has 0 unspecified atom stereocenters. The van der Waals surface area contributed by atoms with Crippen LogP contribution < -0.4 is 5.32 Å². The van der Waals surface area contributed by atoms with Crippen molar-refractivity contribution >= 4 is 5.91 Å². The van der Waals surface area contributed by atoms with Crippen LogP contribution in [0.5, 0.6) is 0 Å². The van der Waals surface area contributed by atoms with E-state index in [1.807, 2.05) is 13.8 Å². The van der Waals surface area contributed by atoms with Crippen molar-refractivity contribution in [1.82, 2.24) is 5.32 Å². The molecule has 2 N–H and O–H groups in total. The zero-order chi connectivity index (χ0) is 14.5. The first-order chi connectivity index (χ1) is 8.98. The Morgan fingerprint density at radius 3 is 2.47 bits per heavy atom. The third kappa shape index (κ3) is 3.77. The summed E-state index contributed by atoms with van der Waals surface area (Å²) < 4.78 is 13.1. The molecule has 1 amide bonds. The summed E-state index contributed by atoms with van der Waals surface area (Å²) in [6.07, 6.45) is 1.59. The van der Waals surface area contributed by atoms with Crippen molar-refractivity contribution in [3.8, 4) is 0 Å². The predicted octanol–water partition coefficient (Wildman–Crippen LogP) is 2.66. The first-order valence-electron chi connectivity index (χ1n) is 6.63. The SMILES string of the molecule is CCC(CC)(CO)CNC(=O)c1ccc(F)c(C)c1. The van der Waals surface area contributed by atoms with Gasteiger partial charge in [0.25, 0.3) is 5.91 Å². The number of carbonyl (C=O) groups is 1. The number of aliphatic hydroxyl groups is 1. The summed E-state index contributed by atoms with van der Waals surface area (Å²) >= 11 is 0. The van der Waals surface area contributed by atoms with E-state index in [1.54, 1.807) is 6.92 Å². The van der Waals surface area contributed by atoms with Gasteiger partial charge >= 0.3 is 0 Å². The highest BCUT2D eigenvalue weighted by molar-refractivity contribution is 5.94. The van der Waals surface area contributed by atoms with Crippen molar-refractivity contribution in [3.63, 3.8) is 0 Å². The molecule has 0 saturated heterocycles. The maximum absolute atomic E-state index is 13.1. The van der Waals surface area contributed by atoms with Crippen LogP contribution in [0, 0.1) is 18.2 Å². The Morgan fingerprint density at radius 2 is 2.00 bits per heavy atom. The molecule has 0 bridgehead atoms. The molecule has 0 aromatic heterocycles. The van der Waals surface area contributed by atoms with E-state index in [0.29, 0.717) is 17.7 Å². The highest BCUT2D eigenvalue weighted by Gasteiger charge is 2.25. The Hall–Kier alpha value is -1.42. The number of amides is 1. The number of aliphatic hydroxyl groups excluding tert-OH is 1. The van der Waals surface area contributed by atoms with Crippen molar-refractivity contribution in [2.75, 3.05) is 13.2 Å². The molecule has 0 aliphatic carbocycles. The van der Waals surface area contributed by atoms with Gasteiger partial charge in [0, 0.05) is 17.5 Å². The van der Waals surface area contributed by atoms with Gasteiger partial charge in [-0.15, -0.1) is 0 Å². The molecule has 1 aromatic rings. The lowest BCUT2D eigenvalue weighted by atomic mass is 9.83. The molecule has 1 aromatic carbocycles. The fourth-order valence-corrected chi connectivity index (χ4v) is 1.94. The molecule has 1 rings (SSSR count). The van der Waals surface area contributed by atoms with Gasteiger partial charge in [0.1, 0.15) is 5.82 Å². The van der Waals surface area contributed by atoms with Crippen molar-refractivity contribution in [2.45, 2.75) is 33.6 Å². The van der Waals surface area contributed by atoms with E-state index < -0.39 is 0 Å². The van der Waals surface area contributed by atoms with Gasteiger partial charge in [-0.05, 0) is 43.5 Å². The van der Waals surface area contributed by atoms with Crippen LogP contribution in [-0.2, 0) is 0 Å². The number of aryl methyl sites for hydroxylation is 1. The fraction of sp³-hybridized carbons (Fsp3) is 0.533. The molecule has 0 fully saturated rings. The lowest BCUT2D eigenvalue weighted by molar-refractivity contribution is 0.0851. The number of rotatable bonds is 6. The largest absolute Gasteiger partial charge is 0.396 e. The average molecular weight is 267 g/mol. The summed E-state index contributed by atoms with van der Waals surface area (Å²) in [7, 11) is 0. The number of halogens is 1. The topological polar surface area (TPSA) is 49.3 Å². The Labute approximate surface area is 113 Å². The summed E-state index contributed by atoms with van der Waals surface area (Å²) in [4.78, 5) is 12.0. The predicted molar refractivity (Wildman–Crippen MR) is 73.6 cm³/mol. The minimum atomic E-state index is -0.316. The summed E-state index contributed by atoms with van der Waals surface area (Å²) in [5.41, 5.74) is 0.620. The third-order valence-electron chi connectivity index (χ3n) is 3.88. The first-order valence-corrected chi connectivity index (χ1v) is 6.63. The van der Waals surface area contributed by atoms with Gasteiger partial charge in [0.2, 0.25) is 0 Å². The monoisotopic (exact) mass is 267 g/mol. The molecule has 0 atom stereocenters. The molecule has 0 aliphatic rings. The number of benzene rings is 1. The summed E-state index contributed by atoms with van der Waals surface area (Å²) in [6.45, 7) is 6.08. The second-order valence-electron chi connectivity index (χ2n) is 5.01. The van der Waals surface area contributed by atoms with Crippen LogP contribution in [0.15, 0.2) is 18.2 Å². The number of hydrogen-bond acceptors (Lipinski definition) is 2. The van der Waals surface area contributed by atoms with Gasteiger partial charge in [-0.2, -0.15) is 0 Å². The number of nitrogens with one attached hydrogen (secondary N) is 1. The maximum Gasteiger partial charge on any atom is 0.251 e. The molecule has 4 heteroatoms. The van der Waals surface area contributed by atoms with Crippen LogP contribution in [-0.4, -0.2) is 24.2 Å². The van der Waals surface area contributed by atoms with E-state index in [4.69, 9.17) is 0 Å². The highest BCUT2D eigenvalue weighted by Crippen LogP contribution is 2.24. The molecule has 0 aliphatic heterocycles. The Balaban J connectivity index is 2.72. The highest BCUT2D eigenvalue weighted by atomic mass is 19.1. The van der Waals surface area contributed by atoms with Gasteiger partial charge in [0.15, 0.2) is 0 Å². The van der Waals surface area contributed by atoms with Crippen LogP contribution in [0.3, 0.4) is 0 Å². The second kappa shape index (κ2) is 6.66. The van der Waals surface area contributed by atoms with Gasteiger partial charge in [0.05, 0.1) is 6.61 Å². The van der Waals surface area contributed by atoms with E-state index in [0.717, 1.165) is 12.8 Å². The molecular weight excluding hydrogens is 245 g/mol. The standard InChI is InChI=1S/C15H22FNO2/c1-4-15(5-2,10-18)9-17-14(19)12-6-7-13(16)11(3)8-12/h6-8,18H,4-5,9-10H2,1-3H3,(H,17,19).